The number of amides is 1. The highest BCUT2D eigenvalue weighted by Crippen LogP contribution is 2.33. The van der Waals surface area contributed by atoms with Gasteiger partial charge in [0.05, 0.1) is 34.9 Å². The van der Waals surface area contributed by atoms with Gasteiger partial charge in [-0.3, -0.25) is 24.6 Å². The molecule has 1 amide bonds. The summed E-state index contributed by atoms with van der Waals surface area (Å²) in [7, 11) is 1.62. The summed E-state index contributed by atoms with van der Waals surface area (Å²) >= 11 is 1.46. The molecule has 31 heavy (non-hydrogen) atoms. The van der Waals surface area contributed by atoms with E-state index in [4.69, 9.17) is 9.72 Å². The Morgan fingerprint density at radius 2 is 1.87 bits per heavy atom. The Bertz CT molecular complexity index is 1390. The zero-order valence-corrected chi connectivity index (χ0v) is 17.4. The van der Waals surface area contributed by atoms with E-state index in [1.807, 2.05) is 30.3 Å². The number of nitrogens with zero attached hydrogens (tertiary/aromatic N) is 5. The first kappa shape index (κ1) is 19.1. The van der Waals surface area contributed by atoms with Crippen LogP contribution >= 0.6 is 11.3 Å². The maximum Gasteiger partial charge on any atom is 0.260 e. The number of hydrogen-bond acceptors (Lipinski definition) is 7. The van der Waals surface area contributed by atoms with E-state index in [0.29, 0.717) is 22.8 Å². The number of hydrogen-bond donors (Lipinski definition) is 0. The highest BCUT2D eigenvalue weighted by Gasteiger charge is 2.22. The van der Waals surface area contributed by atoms with Crippen molar-refractivity contribution in [1.29, 1.82) is 0 Å². The molecule has 5 aromatic rings. The summed E-state index contributed by atoms with van der Waals surface area (Å²) < 4.78 is 6.28. The first-order valence-electron chi connectivity index (χ1n) is 9.57. The van der Waals surface area contributed by atoms with Gasteiger partial charge >= 0.3 is 0 Å². The van der Waals surface area contributed by atoms with Gasteiger partial charge in [0.2, 0.25) is 0 Å². The lowest BCUT2D eigenvalue weighted by Gasteiger charge is -2.20. The molecule has 0 fully saturated rings. The average molecular weight is 427 g/mol. The minimum absolute atomic E-state index is 0.164. The molecule has 0 radical (unpaired) electrons. The van der Waals surface area contributed by atoms with Gasteiger partial charge in [0, 0.05) is 36.4 Å². The summed E-state index contributed by atoms with van der Waals surface area (Å²) in [6, 6.07) is 14.8. The van der Waals surface area contributed by atoms with Gasteiger partial charge < -0.3 is 4.74 Å². The van der Waals surface area contributed by atoms with Crippen molar-refractivity contribution in [3.8, 4) is 5.75 Å². The molecule has 0 aliphatic heterocycles. The molecule has 0 spiro atoms. The van der Waals surface area contributed by atoms with Crippen molar-refractivity contribution in [3.05, 3.63) is 84.4 Å². The van der Waals surface area contributed by atoms with Crippen LogP contribution in [0, 0.1) is 0 Å². The van der Waals surface area contributed by atoms with Gasteiger partial charge in [0.1, 0.15) is 5.75 Å². The summed E-state index contributed by atoms with van der Waals surface area (Å²) in [5.41, 5.74) is 3.63. The van der Waals surface area contributed by atoms with Crippen LogP contribution in [0.1, 0.15) is 15.9 Å². The molecule has 8 heteroatoms. The topological polar surface area (TPSA) is 81.1 Å². The number of rotatable bonds is 5. The number of carbonyl (C=O) groups is 1. The van der Waals surface area contributed by atoms with E-state index in [0.717, 1.165) is 27.0 Å². The highest BCUT2D eigenvalue weighted by molar-refractivity contribution is 7.22. The minimum Gasteiger partial charge on any atom is -0.497 e. The van der Waals surface area contributed by atoms with Crippen LogP contribution in [0.25, 0.3) is 21.3 Å². The molecule has 152 valence electrons. The van der Waals surface area contributed by atoms with Crippen LogP contribution in [0.15, 0.2) is 73.3 Å². The third-order valence-corrected chi connectivity index (χ3v) is 5.90. The third-order valence-electron chi connectivity index (χ3n) is 4.84. The lowest BCUT2D eigenvalue weighted by Crippen LogP contribution is -2.30. The number of carbonyl (C=O) groups excluding carboxylic acids is 1. The van der Waals surface area contributed by atoms with E-state index >= 15 is 0 Å². The monoisotopic (exact) mass is 427 g/mol. The Balaban J connectivity index is 1.58. The van der Waals surface area contributed by atoms with Gasteiger partial charge in [-0.05, 0) is 42.0 Å². The van der Waals surface area contributed by atoms with Crippen molar-refractivity contribution in [2.75, 3.05) is 12.0 Å². The molecule has 5 rings (SSSR count). The van der Waals surface area contributed by atoms with Gasteiger partial charge in [-0.1, -0.05) is 17.4 Å². The number of methoxy groups -OCH3 is 1. The molecule has 0 N–H and O–H groups in total. The molecule has 2 aromatic carbocycles. The summed E-state index contributed by atoms with van der Waals surface area (Å²) in [5, 5.41) is 0.608. The van der Waals surface area contributed by atoms with Crippen molar-refractivity contribution >= 4 is 43.6 Å². The Hall–Kier alpha value is -3.91. The maximum absolute atomic E-state index is 13.6. The van der Waals surface area contributed by atoms with Crippen molar-refractivity contribution in [2.24, 2.45) is 0 Å². The molecule has 0 bridgehead atoms. The molecule has 3 aromatic heterocycles. The van der Waals surface area contributed by atoms with Crippen LogP contribution in [0.3, 0.4) is 0 Å². The van der Waals surface area contributed by atoms with Crippen LogP contribution < -0.4 is 9.64 Å². The zero-order valence-electron chi connectivity index (χ0n) is 16.6. The second-order valence-electron chi connectivity index (χ2n) is 6.84. The third kappa shape index (κ3) is 3.80. The summed E-state index contributed by atoms with van der Waals surface area (Å²) in [6.45, 7) is 0.349. The maximum atomic E-state index is 13.6. The van der Waals surface area contributed by atoms with E-state index < -0.39 is 0 Å². The molecular weight excluding hydrogens is 410 g/mol. The average Bonchev–Trinajstić information content (AvgIpc) is 3.25. The number of ether oxygens (including phenoxy) is 1. The first-order chi connectivity index (χ1) is 15.2. The second-order valence-corrected chi connectivity index (χ2v) is 7.85. The molecule has 0 atom stereocenters. The van der Waals surface area contributed by atoms with E-state index in [-0.39, 0.29) is 5.91 Å². The van der Waals surface area contributed by atoms with Gasteiger partial charge in [0.15, 0.2) is 5.13 Å². The van der Waals surface area contributed by atoms with Gasteiger partial charge in [-0.25, -0.2) is 4.98 Å². The number of thiazole rings is 1. The Kier molecular flexibility index (Phi) is 4.97. The Labute approximate surface area is 182 Å². The van der Waals surface area contributed by atoms with Crippen molar-refractivity contribution in [1.82, 2.24) is 19.9 Å². The first-order valence-corrected chi connectivity index (χ1v) is 10.4. The number of pyridine rings is 1. The quantitative estimate of drug-likeness (QED) is 0.411. The number of anilines is 1. The van der Waals surface area contributed by atoms with Crippen molar-refractivity contribution < 1.29 is 9.53 Å². The normalized spacial score (nSPS) is 11.0. The molecular formula is C23H17N5O2S. The fourth-order valence-corrected chi connectivity index (χ4v) is 4.23. The number of fused-ring (bicyclic) bond motifs is 2. The van der Waals surface area contributed by atoms with Crippen LogP contribution in [0.2, 0.25) is 0 Å². The fraction of sp³-hybridized carbons (Fsp3) is 0.0870. The van der Waals surface area contributed by atoms with Crippen LogP contribution in [0.5, 0.6) is 5.75 Å². The van der Waals surface area contributed by atoms with Gasteiger partial charge in [-0.15, -0.1) is 0 Å². The lowest BCUT2D eigenvalue weighted by atomic mass is 10.1. The Morgan fingerprint density at radius 3 is 2.68 bits per heavy atom. The fourth-order valence-electron chi connectivity index (χ4n) is 3.29. The number of benzene rings is 2. The van der Waals surface area contributed by atoms with Crippen LogP contribution in [-0.2, 0) is 6.54 Å². The second kappa shape index (κ2) is 8.08. The summed E-state index contributed by atoms with van der Waals surface area (Å²) in [6.07, 6.45) is 6.71. The minimum atomic E-state index is -0.164. The van der Waals surface area contributed by atoms with Gasteiger partial charge in [-0.2, -0.15) is 0 Å². The lowest BCUT2D eigenvalue weighted by molar-refractivity contribution is 0.0985. The summed E-state index contributed by atoms with van der Waals surface area (Å²) in [5.74, 6) is 0.560. The smallest absolute Gasteiger partial charge is 0.260 e. The van der Waals surface area contributed by atoms with Crippen molar-refractivity contribution in [3.63, 3.8) is 0 Å². The van der Waals surface area contributed by atoms with E-state index in [1.54, 1.807) is 55.0 Å². The highest BCUT2D eigenvalue weighted by atomic mass is 32.1. The standard InChI is InChI=1S/C23H17N5O2S/c1-30-17-5-7-21-20(12-17)27-23(31-21)28(14-15-3-2-8-24-13-15)22(29)16-4-6-18-19(11-16)26-10-9-25-18/h2-13H,14H2,1H3. The molecule has 7 nitrogen and oxygen atoms in total. The summed E-state index contributed by atoms with van der Waals surface area (Å²) in [4.78, 5) is 32.8. The molecule has 0 aliphatic rings. The largest absolute Gasteiger partial charge is 0.497 e. The van der Waals surface area contributed by atoms with Gasteiger partial charge in [0.25, 0.3) is 5.91 Å². The zero-order chi connectivity index (χ0) is 21.2. The van der Waals surface area contributed by atoms with Crippen LogP contribution in [-0.4, -0.2) is 33.0 Å². The SMILES string of the molecule is COc1ccc2sc(N(Cc3cccnc3)C(=O)c3ccc4nccnc4c3)nc2c1. The molecule has 0 saturated carbocycles. The van der Waals surface area contributed by atoms with Crippen molar-refractivity contribution in [2.45, 2.75) is 6.54 Å². The Morgan fingerprint density at radius 1 is 1.00 bits per heavy atom. The molecule has 0 saturated heterocycles. The van der Waals surface area contributed by atoms with E-state index in [1.165, 1.54) is 11.3 Å². The molecule has 3 heterocycles. The number of aromatic nitrogens is 4. The van der Waals surface area contributed by atoms with E-state index in [9.17, 15) is 4.79 Å². The van der Waals surface area contributed by atoms with E-state index in [2.05, 4.69) is 15.0 Å². The molecule has 0 aliphatic carbocycles. The van der Waals surface area contributed by atoms with Crippen LogP contribution in [0.4, 0.5) is 5.13 Å². The predicted molar refractivity (Wildman–Crippen MR) is 120 cm³/mol. The predicted octanol–water partition coefficient (Wildman–Crippen LogP) is 4.49. The molecule has 0 unspecified atom stereocenters.